The van der Waals surface area contributed by atoms with Crippen molar-refractivity contribution in [3.05, 3.63) is 47.5 Å². The quantitative estimate of drug-likeness (QED) is 0.588. The lowest BCUT2D eigenvalue weighted by atomic mass is 9.67. The first-order valence-electron chi connectivity index (χ1n) is 8.41. The molecular formula is C20H26O2. The van der Waals surface area contributed by atoms with E-state index in [9.17, 15) is 4.79 Å². The van der Waals surface area contributed by atoms with Gasteiger partial charge in [0, 0.05) is 17.4 Å². The number of aryl methyl sites for hydroxylation is 1. The molecule has 2 nitrogen and oxygen atoms in total. The standard InChI is InChI=1S/C20H26O2/c1-15(2)18(21)22-19(3)14-17-9-5-4-8-16(17)10-13-20(19)11-6-7-12-20/h4-5,8-9H,1,6-7,10-14H2,2-3H3. The second-order valence-corrected chi connectivity index (χ2v) is 7.33. The third-order valence-electron chi connectivity index (χ3n) is 5.87. The molecule has 0 saturated heterocycles. The van der Waals surface area contributed by atoms with Crippen LogP contribution in [-0.2, 0) is 22.4 Å². The molecule has 2 aliphatic rings. The number of hydrogen-bond acceptors (Lipinski definition) is 2. The SMILES string of the molecule is C=C(C)C(=O)OC1(C)Cc2ccccc2CCC12CCCC2. The van der Waals surface area contributed by atoms with E-state index in [1.54, 1.807) is 6.92 Å². The van der Waals surface area contributed by atoms with E-state index in [4.69, 9.17) is 4.74 Å². The van der Waals surface area contributed by atoms with Gasteiger partial charge in [0.05, 0.1) is 0 Å². The predicted octanol–water partition coefficient (Wildman–Crippen LogP) is 4.61. The Kier molecular flexibility index (Phi) is 3.88. The van der Waals surface area contributed by atoms with Gasteiger partial charge in [-0.2, -0.15) is 0 Å². The number of fused-ring (bicyclic) bond motifs is 1. The zero-order valence-electron chi connectivity index (χ0n) is 13.8. The Bertz CT molecular complexity index is 595. The van der Waals surface area contributed by atoms with Crippen LogP contribution in [0.15, 0.2) is 36.4 Å². The molecule has 0 aliphatic heterocycles. The highest BCUT2D eigenvalue weighted by Crippen LogP contribution is 2.54. The molecule has 1 spiro atoms. The highest BCUT2D eigenvalue weighted by atomic mass is 16.6. The molecule has 1 aromatic rings. The van der Waals surface area contributed by atoms with Crippen LogP contribution < -0.4 is 0 Å². The molecule has 1 aromatic carbocycles. The maximum atomic E-state index is 12.3. The second kappa shape index (κ2) is 5.57. The highest BCUT2D eigenvalue weighted by Gasteiger charge is 2.53. The molecule has 0 amide bonds. The van der Waals surface area contributed by atoms with E-state index < -0.39 is 5.60 Å². The molecule has 2 heteroatoms. The zero-order chi connectivity index (χ0) is 15.8. The van der Waals surface area contributed by atoms with Gasteiger partial charge in [0.1, 0.15) is 5.60 Å². The lowest BCUT2D eigenvalue weighted by Gasteiger charge is -2.45. The van der Waals surface area contributed by atoms with Crippen molar-refractivity contribution >= 4 is 5.97 Å². The molecule has 0 aromatic heterocycles. The summed E-state index contributed by atoms with van der Waals surface area (Å²) < 4.78 is 6.08. The minimum atomic E-state index is -0.424. The van der Waals surface area contributed by atoms with Crippen molar-refractivity contribution in [3.63, 3.8) is 0 Å². The molecule has 1 unspecified atom stereocenters. The fraction of sp³-hybridized carbons (Fsp3) is 0.550. The number of hydrogen-bond donors (Lipinski definition) is 0. The molecule has 0 bridgehead atoms. The first kappa shape index (κ1) is 15.3. The maximum absolute atomic E-state index is 12.3. The van der Waals surface area contributed by atoms with Crippen LogP contribution in [0.3, 0.4) is 0 Å². The summed E-state index contributed by atoms with van der Waals surface area (Å²) in [5.74, 6) is -0.242. The Labute approximate surface area is 133 Å². The first-order valence-corrected chi connectivity index (χ1v) is 8.41. The van der Waals surface area contributed by atoms with Crippen molar-refractivity contribution in [2.24, 2.45) is 5.41 Å². The van der Waals surface area contributed by atoms with Gasteiger partial charge in [0.15, 0.2) is 0 Å². The van der Waals surface area contributed by atoms with E-state index in [0.29, 0.717) is 5.57 Å². The maximum Gasteiger partial charge on any atom is 0.333 e. The summed E-state index contributed by atoms with van der Waals surface area (Å²) >= 11 is 0. The summed E-state index contributed by atoms with van der Waals surface area (Å²) in [6, 6.07) is 8.62. The minimum Gasteiger partial charge on any atom is -0.455 e. The number of benzene rings is 1. The van der Waals surface area contributed by atoms with Gasteiger partial charge in [-0.05, 0) is 50.7 Å². The smallest absolute Gasteiger partial charge is 0.333 e. The Balaban J connectivity index is 2.00. The van der Waals surface area contributed by atoms with Gasteiger partial charge in [-0.15, -0.1) is 0 Å². The van der Waals surface area contributed by atoms with Crippen LogP contribution >= 0.6 is 0 Å². The third-order valence-corrected chi connectivity index (χ3v) is 5.87. The van der Waals surface area contributed by atoms with Gasteiger partial charge in [-0.1, -0.05) is 43.7 Å². The van der Waals surface area contributed by atoms with Crippen molar-refractivity contribution < 1.29 is 9.53 Å². The van der Waals surface area contributed by atoms with E-state index >= 15 is 0 Å². The monoisotopic (exact) mass is 298 g/mol. The van der Waals surface area contributed by atoms with E-state index in [2.05, 4.69) is 37.8 Å². The molecule has 0 radical (unpaired) electrons. The van der Waals surface area contributed by atoms with Gasteiger partial charge < -0.3 is 4.74 Å². The van der Waals surface area contributed by atoms with Crippen molar-refractivity contribution in [2.75, 3.05) is 0 Å². The van der Waals surface area contributed by atoms with Gasteiger partial charge in [0.25, 0.3) is 0 Å². The van der Waals surface area contributed by atoms with Crippen LogP contribution in [0, 0.1) is 5.41 Å². The highest BCUT2D eigenvalue weighted by molar-refractivity contribution is 5.87. The molecule has 0 N–H and O–H groups in total. The Morgan fingerprint density at radius 3 is 2.41 bits per heavy atom. The summed E-state index contributed by atoms with van der Waals surface area (Å²) in [5.41, 5.74) is 2.95. The average molecular weight is 298 g/mol. The number of ether oxygens (including phenoxy) is 1. The molecule has 1 fully saturated rings. The third kappa shape index (κ3) is 2.49. The van der Waals surface area contributed by atoms with E-state index in [0.717, 1.165) is 19.3 Å². The summed E-state index contributed by atoms with van der Waals surface area (Å²) in [6.45, 7) is 7.65. The van der Waals surface area contributed by atoms with E-state index in [1.807, 2.05) is 0 Å². The zero-order valence-corrected chi connectivity index (χ0v) is 13.8. The second-order valence-electron chi connectivity index (χ2n) is 7.33. The van der Waals surface area contributed by atoms with Gasteiger partial charge >= 0.3 is 5.97 Å². The van der Waals surface area contributed by atoms with Crippen LogP contribution in [0.4, 0.5) is 0 Å². The van der Waals surface area contributed by atoms with Gasteiger partial charge in [-0.25, -0.2) is 4.79 Å². The molecule has 3 rings (SSSR count). The Hall–Kier alpha value is -1.57. The fourth-order valence-corrected chi connectivity index (χ4v) is 4.43. The van der Waals surface area contributed by atoms with Crippen LogP contribution in [0.25, 0.3) is 0 Å². The van der Waals surface area contributed by atoms with Crippen LogP contribution in [0.2, 0.25) is 0 Å². The number of carbonyl (C=O) groups is 1. The largest absolute Gasteiger partial charge is 0.455 e. The summed E-state index contributed by atoms with van der Waals surface area (Å²) in [7, 11) is 0. The number of esters is 1. The fourth-order valence-electron chi connectivity index (χ4n) is 4.43. The molecular weight excluding hydrogens is 272 g/mol. The topological polar surface area (TPSA) is 26.3 Å². The Morgan fingerprint density at radius 2 is 1.77 bits per heavy atom. The number of carbonyl (C=O) groups excluding carboxylic acids is 1. The predicted molar refractivity (Wildman–Crippen MR) is 88.7 cm³/mol. The van der Waals surface area contributed by atoms with E-state index in [-0.39, 0.29) is 11.4 Å². The molecule has 1 atom stereocenters. The van der Waals surface area contributed by atoms with Gasteiger partial charge in [0.2, 0.25) is 0 Å². The van der Waals surface area contributed by atoms with Crippen molar-refractivity contribution in [1.29, 1.82) is 0 Å². The summed E-state index contributed by atoms with van der Waals surface area (Å²) in [5, 5.41) is 0. The van der Waals surface area contributed by atoms with Crippen molar-refractivity contribution in [1.82, 2.24) is 0 Å². The van der Waals surface area contributed by atoms with Crippen LogP contribution in [-0.4, -0.2) is 11.6 Å². The lowest BCUT2D eigenvalue weighted by Crippen LogP contribution is -2.49. The lowest BCUT2D eigenvalue weighted by molar-refractivity contribution is -0.170. The molecule has 0 heterocycles. The van der Waals surface area contributed by atoms with Crippen LogP contribution in [0.1, 0.15) is 57.1 Å². The summed E-state index contributed by atoms with van der Waals surface area (Å²) in [4.78, 5) is 12.3. The summed E-state index contributed by atoms with van der Waals surface area (Å²) in [6.07, 6.45) is 7.86. The molecule has 1 saturated carbocycles. The molecule has 118 valence electrons. The first-order chi connectivity index (χ1) is 10.5. The minimum absolute atomic E-state index is 0.122. The molecule has 2 aliphatic carbocycles. The van der Waals surface area contributed by atoms with Crippen molar-refractivity contribution in [2.45, 2.75) is 64.4 Å². The molecule has 22 heavy (non-hydrogen) atoms. The van der Waals surface area contributed by atoms with Crippen LogP contribution in [0.5, 0.6) is 0 Å². The normalized spacial score (nSPS) is 26.3. The Morgan fingerprint density at radius 1 is 1.14 bits per heavy atom. The van der Waals surface area contributed by atoms with E-state index in [1.165, 1.54) is 36.8 Å². The average Bonchev–Trinajstić information content (AvgIpc) is 2.92. The van der Waals surface area contributed by atoms with Crippen molar-refractivity contribution in [3.8, 4) is 0 Å². The number of rotatable bonds is 2. The van der Waals surface area contributed by atoms with Gasteiger partial charge in [-0.3, -0.25) is 0 Å².